The number of nitrogens with zero attached hydrogens (tertiary/aromatic N) is 2. The van der Waals surface area contributed by atoms with Gasteiger partial charge in [0.1, 0.15) is 0 Å². The lowest BCUT2D eigenvalue weighted by Crippen LogP contribution is -2.29. The zero-order valence-electron chi connectivity index (χ0n) is 13.0. The van der Waals surface area contributed by atoms with Crippen LogP contribution in [-0.2, 0) is 6.54 Å². The van der Waals surface area contributed by atoms with Gasteiger partial charge in [-0.3, -0.25) is 14.5 Å². The lowest BCUT2D eigenvalue weighted by molar-refractivity contribution is 0.0642. The van der Waals surface area contributed by atoms with Crippen molar-refractivity contribution in [2.24, 2.45) is 0 Å². The standard InChI is InChI=1S/C19H16N2O2/c1-12(2)17-9-13(7-8-14(17)10-20)11-21-18(22)15-5-3-4-6-16(15)19(21)23/h3-9,12H,11H2,1-2H3. The van der Waals surface area contributed by atoms with E-state index in [0.29, 0.717) is 16.7 Å². The molecule has 23 heavy (non-hydrogen) atoms. The summed E-state index contributed by atoms with van der Waals surface area (Å²) in [7, 11) is 0. The van der Waals surface area contributed by atoms with Crippen LogP contribution in [0.1, 0.15) is 57.2 Å². The quantitative estimate of drug-likeness (QED) is 0.816. The minimum Gasteiger partial charge on any atom is -0.270 e. The minimum atomic E-state index is -0.263. The number of fused-ring (bicyclic) bond motifs is 1. The van der Waals surface area contributed by atoms with E-state index in [4.69, 9.17) is 0 Å². The summed E-state index contributed by atoms with van der Waals surface area (Å²) in [5.74, 6) is -0.325. The third-order valence-corrected chi connectivity index (χ3v) is 4.08. The van der Waals surface area contributed by atoms with E-state index in [1.54, 1.807) is 36.4 Å². The zero-order chi connectivity index (χ0) is 16.6. The summed E-state index contributed by atoms with van der Waals surface area (Å²) in [6.07, 6.45) is 0. The van der Waals surface area contributed by atoms with Crippen molar-refractivity contribution < 1.29 is 9.59 Å². The van der Waals surface area contributed by atoms with E-state index in [9.17, 15) is 14.9 Å². The Bertz CT molecular complexity index is 812. The number of hydrogen-bond acceptors (Lipinski definition) is 3. The maximum atomic E-state index is 12.4. The van der Waals surface area contributed by atoms with Gasteiger partial charge in [0.05, 0.1) is 29.3 Å². The maximum Gasteiger partial charge on any atom is 0.261 e. The second-order valence-electron chi connectivity index (χ2n) is 5.93. The van der Waals surface area contributed by atoms with E-state index < -0.39 is 0 Å². The van der Waals surface area contributed by atoms with Gasteiger partial charge in [0.15, 0.2) is 0 Å². The van der Waals surface area contributed by atoms with Gasteiger partial charge in [0.25, 0.3) is 11.8 Å². The summed E-state index contributed by atoms with van der Waals surface area (Å²) in [5, 5.41) is 9.18. The molecule has 1 aliphatic heterocycles. The summed E-state index contributed by atoms with van der Waals surface area (Å²) >= 11 is 0. The Labute approximate surface area is 135 Å². The number of rotatable bonds is 3. The predicted octanol–water partition coefficient (Wildman–Crippen LogP) is 3.48. The van der Waals surface area contributed by atoms with Crippen molar-refractivity contribution >= 4 is 11.8 Å². The molecule has 0 aromatic heterocycles. The van der Waals surface area contributed by atoms with Crippen LogP contribution in [0.4, 0.5) is 0 Å². The average Bonchev–Trinajstić information content (AvgIpc) is 2.80. The first-order valence-corrected chi connectivity index (χ1v) is 7.51. The van der Waals surface area contributed by atoms with E-state index in [1.165, 1.54) is 4.90 Å². The zero-order valence-corrected chi connectivity index (χ0v) is 13.0. The molecule has 3 rings (SSSR count). The maximum absolute atomic E-state index is 12.4. The van der Waals surface area contributed by atoms with E-state index in [1.807, 2.05) is 19.9 Å². The first-order chi connectivity index (χ1) is 11.0. The molecule has 0 saturated heterocycles. The smallest absolute Gasteiger partial charge is 0.261 e. The normalized spacial score (nSPS) is 13.4. The van der Waals surface area contributed by atoms with Gasteiger partial charge in [-0.05, 0) is 35.2 Å². The molecule has 2 aromatic rings. The van der Waals surface area contributed by atoms with E-state index >= 15 is 0 Å². The molecule has 0 bridgehead atoms. The third-order valence-electron chi connectivity index (χ3n) is 4.08. The van der Waals surface area contributed by atoms with Crippen LogP contribution in [0.3, 0.4) is 0 Å². The first-order valence-electron chi connectivity index (χ1n) is 7.51. The number of imide groups is 1. The third kappa shape index (κ3) is 2.51. The van der Waals surface area contributed by atoms with E-state index in [2.05, 4.69) is 6.07 Å². The number of benzene rings is 2. The fourth-order valence-corrected chi connectivity index (χ4v) is 2.86. The second kappa shape index (κ2) is 5.69. The molecule has 0 radical (unpaired) electrons. The van der Waals surface area contributed by atoms with Gasteiger partial charge in [0, 0.05) is 0 Å². The van der Waals surface area contributed by atoms with Crippen LogP contribution >= 0.6 is 0 Å². The molecule has 4 nitrogen and oxygen atoms in total. The molecule has 0 fully saturated rings. The highest BCUT2D eigenvalue weighted by Gasteiger charge is 2.34. The molecule has 0 unspecified atom stereocenters. The van der Waals surface area contributed by atoms with E-state index in [-0.39, 0.29) is 24.3 Å². The van der Waals surface area contributed by atoms with Gasteiger partial charge in [-0.15, -0.1) is 0 Å². The Balaban J connectivity index is 1.92. The molecule has 0 aliphatic carbocycles. The van der Waals surface area contributed by atoms with Crippen LogP contribution in [0.2, 0.25) is 0 Å². The topological polar surface area (TPSA) is 61.2 Å². The van der Waals surface area contributed by atoms with Gasteiger partial charge in [0.2, 0.25) is 0 Å². The molecule has 0 saturated carbocycles. The summed E-state index contributed by atoms with van der Waals surface area (Å²) in [5.41, 5.74) is 3.32. The van der Waals surface area contributed by atoms with Crippen molar-refractivity contribution in [1.29, 1.82) is 5.26 Å². The molecule has 0 atom stereocenters. The first kappa shape index (κ1) is 15.0. The lowest BCUT2D eigenvalue weighted by Gasteiger charge is -2.16. The largest absolute Gasteiger partial charge is 0.270 e. The van der Waals surface area contributed by atoms with Crippen molar-refractivity contribution in [3.63, 3.8) is 0 Å². The Kier molecular flexibility index (Phi) is 3.71. The summed E-state index contributed by atoms with van der Waals surface area (Å²) in [6.45, 7) is 4.25. The Morgan fingerprint density at radius 2 is 1.65 bits per heavy atom. The van der Waals surface area contributed by atoms with Crippen molar-refractivity contribution in [1.82, 2.24) is 4.90 Å². The van der Waals surface area contributed by atoms with Crippen molar-refractivity contribution in [3.05, 3.63) is 70.3 Å². The molecule has 1 aliphatic rings. The Morgan fingerprint density at radius 3 is 2.17 bits per heavy atom. The summed E-state index contributed by atoms with van der Waals surface area (Å²) < 4.78 is 0. The second-order valence-corrected chi connectivity index (χ2v) is 5.93. The number of carbonyl (C=O) groups is 2. The van der Waals surface area contributed by atoms with Crippen molar-refractivity contribution in [2.75, 3.05) is 0 Å². The van der Waals surface area contributed by atoms with Crippen LogP contribution in [0.25, 0.3) is 0 Å². The van der Waals surface area contributed by atoms with Crippen LogP contribution in [0, 0.1) is 11.3 Å². The predicted molar refractivity (Wildman–Crippen MR) is 85.9 cm³/mol. The molecule has 0 N–H and O–H groups in total. The van der Waals surface area contributed by atoms with Gasteiger partial charge in [-0.1, -0.05) is 38.1 Å². The summed E-state index contributed by atoms with van der Waals surface area (Å²) in [6, 6.07) is 14.5. The van der Waals surface area contributed by atoms with E-state index in [0.717, 1.165) is 11.1 Å². The number of amides is 2. The Hall–Kier alpha value is -2.93. The fourth-order valence-electron chi connectivity index (χ4n) is 2.86. The average molecular weight is 304 g/mol. The highest BCUT2D eigenvalue weighted by atomic mass is 16.2. The molecule has 114 valence electrons. The molecule has 1 heterocycles. The summed E-state index contributed by atoms with van der Waals surface area (Å²) in [4.78, 5) is 26.1. The van der Waals surface area contributed by atoms with Gasteiger partial charge < -0.3 is 0 Å². The molecular weight excluding hydrogens is 288 g/mol. The molecule has 4 heteroatoms. The van der Waals surface area contributed by atoms with Crippen molar-refractivity contribution in [2.45, 2.75) is 26.3 Å². The van der Waals surface area contributed by atoms with Crippen LogP contribution in [0.5, 0.6) is 0 Å². The number of hydrogen-bond donors (Lipinski definition) is 0. The van der Waals surface area contributed by atoms with Gasteiger partial charge >= 0.3 is 0 Å². The molecular formula is C19H16N2O2. The highest BCUT2D eigenvalue weighted by molar-refractivity contribution is 6.21. The van der Waals surface area contributed by atoms with Gasteiger partial charge in [-0.25, -0.2) is 0 Å². The lowest BCUT2D eigenvalue weighted by atomic mass is 9.95. The van der Waals surface area contributed by atoms with Crippen LogP contribution in [0.15, 0.2) is 42.5 Å². The van der Waals surface area contributed by atoms with Crippen LogP contribution in [-0.4, -0.2) is 16.7 Å². The van der Waals surface area contributed by atoms with Gasteiger partial charge in [-0.2, -0.15) is 5.26 Å². The van der Waals surface area contributed by atoms with Crippen molar-refractivity contribution in [3.8, 4) is 6.07 Å². The van der Waals surface area contributed by atoms with Crippen LogP contribution < -0.4 is 0 Å². The number of nitriles is 1. The Morgan fingerprint density at radius 1 is 1.04 bits per heavy atom. The SMILES string of the molecule is CC(C)c1cc(CN2C(=O)c3ccccc3C2=O)ccc1C#N. The fraction of sp³-hybridized carbons (Fsp3) is 0.211. The molecule has 2 amide bonds. The monoisotopic (exact) mass is 304 g/mol. The molecule has 2 aromatic carbocycles. The highest BCUT2D eigenvalue weighted by Crippen LogP contribution is 2.26. The minimum absolute atomic E-state index is 0.201. The number of carbonyl (C=O) groups excluding carboxylic acids is 2. The molecule has 0 spiro atoms.